The summed E-state index contributed by atoms with van der Waals surface area (Å²) in [7, 11) is 0. The maximum atomic E-state index is 8.61. The van der Waals surface area contributed by atoms with Crippen LogP contribution in [0.15, 0.2) is 0 Å². The molecule has 0 aromatic heterocycles. The molecule has 0 heterocycles. The summed E-state index contributed by atoms with van der Waals surface area (Å²) in [6.45, 7) is 10.4. The third-order valence-electron chi connectivity index (χ3n) is 1.78. The second-order valence-corrected chi connectivity index (χ2v) is 4.59. The van der Waals surface area contributed by atoms with E-state index >= 15 is 0 Å². The normalized spacial score (nSPS) is 15.5. The van der Waals surface area contributed by atoms with E-state index in [9.17, 15) is 0 Å². The van der Waals surface area contributed by atoms with Crippen LogP contribution in [0.4, 0.5) is 0 Å². The molecule has 11 heavy (non-hydrogen) atoms. The summed E-state index contributed by atoms with van der Waals surface area (Å²) in [6.07, 6.45) is 0.850. The first-order chi connectivity index (χ1) is 4.88. The Bertz CT molecular complexity index is 103. The summed E-state index contributed by atoms with van der Waals surface area (Å²) < 4.78 is 0. The standard InChI is InChI=1S/C9H20O2/c1-7(2)6-8(11-10)9(3,4)5/h7-8,10H,6H2,1-5H3. The Morgan fingerprint density at radius 1 is 1.27 bits per heavy atom. The zero-order chi connectivity index (χ0) is 9.07. The van der Waals surface area contributed by atoms with E-state index in [1.807, 2.05) is 0 Å². The summed E-state index contributed by atoms with van der Waals surface area (Å²) in [4.78, 5) is 4.43. The molecule has 0 bridgehead atoms. The van der Waals surface area contributed by atoms with E-state index in [-0.39, 0.29) is 11.5 Å². The predicted molar refractivity (Wildman–Crippen MR) is 46.4 cm³/mol. The second-order valence-electron chi connectivity index (χ2n) is 4.59. The van der Waals surface area contributed by atoms with E-state index < -0.39 is 0 Å². The van der Waals surface area contributed by atoms with Gasteiger partial charge >= 0.3 is 0 Å². The molecule has 1 N–H and O–H groups in total. The summed E-state index contributed by atoms with van der Waals surface area (Å²) in [5.74, 6) is 0.561. The molecule has 0 fully saturated rings. The van der Waals surface area contributed by atoms with Gasteiger partial charge in [-0.1, -0.05) is 34.6 Å². The molecular formula is C9H20O2. The summed E-state index contributed by atoms with van der Waals surface area (Å²) >= 11 is 0. The Kier molecular flexibility index (Phi) is 4.04. The van der Waals surface area contributed by atoms with Crippen LogP contribution < -0.4 is 0 Å². The van der Waals surface area contributed by atoms with Crippen molar-refractivity contribution in [2.45, 2.75) is 47.1 Å². The van der Waals surface area contributed by atoms with Crippen molar-refractivity contribution in [3.05, 3.63) is 0 Å². The third kappa shape index (κ3) is 4.38. The minimum atomic E-state index is -0.0532. The average Bonchev–Trinajstić information content (AvgIpc) is 1.79. The van der Waals surface area contributed by atoms with Crippen LogP contribution in [0.25, 0.3) is 0 Å². The Morgan fingerprint density at radius 2 is 1.73 bits per heavy atom. The van der Waals surface area contributed by atoms with E-state index in [2.05, 4.69) is 39.5 Å². The molecule has 0 aliphatic heterocycles. The van der Waals surface area contributed by atoms with Gasteiger partial charge in [-0.3, -0.25) is 5.26 Å². The van der Waals surface area contributed by atoms with Gasteiger partial charge in [0.25, 0.3) is 0 Å². The molecule has 1 unspecified atom stereocenters. The minimum Gasteiger partial charge on any atom is -0.252 e. The molecule has 2 heteroatoms. The first kappa shape index (κ1) is 10.9. The van der Waals surface area contributed by atoms with Crippen LogP contribution in [-0.4, -0.2) is 11.4 Å². The molecule has 0 aromatic rings. The molecule has 2 nitrogen and oxygen atoms in total. The van der Waals surface area contributed by atoms with Crippen molar-refractivity contribution in [3.63, 3.8) is 0 Å². The third-order valence-corrected chi connectivity index (χ3v) is 1.78. The van der Waals surface area contributed by atoms with Crippen LogP contribution in [0.2, 0.25) is 0 Å². The molecular weight excluding hydrogens is 140 g/mol. The Balaban J connectivity index is 3.96. The van der Waals surface area contributed by atoms with Crippen molar-refractivity contribution in [3.8, 4) is 0 Å². The van der Waals surface area contributed by atoms with Gasteiger partial charge in [0, 0.05) is 0 Å². The molecule has 0 aliphatic rings. The fourth-order valence-corrected chi connectivity index (χ4v) is 0.983. The van der Waals surface area contributed by atoms with E-state index in [0.717, 1.165) is 6.42 Å². The van der Waals surface area contributed by atoms with Gasteiger partial charge in [0.1, 0.15) is 0 Å². The molecule has 0 radical (unpaired) electrons. The van der Waals surface area contributed by atoms with Gasteiger partial charge in [0.2, 0.25) is 0 Å². The van der Waals surface area contributed by atoms with Crippen LogP contribution in [0.3, 0.4) is 0 Å². The van der Waals surface area contributed by atoms with Crippen LogP contribution in [0.5, 0.6) is 0 Å². The van der Waals surface area contributed by atoms with E-state index in [4.69, 9.17) is 5.26 Å². The van der Waals surface area contributed by atoms with Gasteiger partial charge in [0.05, 0.1) is 6.10 Å². The van der Waals surface area contributed by atoms with Crippen LogP contribution in [0, 0.1) is 11.3 Å². The van der Waals surface area contributed by atoms with E-state index in [1.165, 1.54) is 0 Å². The van der Waals surface area contributed by atoms with Crippen molar-refractivity contribution in [2.24, 2.45) is 11.3 Å². The molecule has 1 atom stereocenters. The quantitative estimate of drug-likeness (QED) is 0.508. The Labute approximate surface area is 69.5 Å². The highest BCUT2D eigenvalue weighted by molar-refractivity contribution is 4.74. The Morgan fingerprint density at radius 3 is 1.82 bits per heavy atom. The lowest BCUT2D eigenvalue weighted by Crippen LogP contribution is -2.29. The molecule has 0 amide bonds. The monoisotopic (exact) mass is 160 g/mol. The molecule has 0 saturated heterocycles. The topological polar surface area (TPSA) is 29.5 Å². The highest BCUT2D eigenvalue weighted by Gasteiger charge is 2.26. The molecule has 0 aromatic carbocycles. The fourth-order valence-electron chi connectivity index (χ4n) is 0.983. The summed E-state index contributed by atoms with van der Waals surface area (Å²) in [6, 6.07) is 0. The van der Waals surface area contributed by atoms with Crippen LogP contribution in [0.1, 0.15) is 41.0 Å². The second kappa shape index (κ2) is 4.07. The van der Waals surface area contributed by atoms with Gasteiger partial charge in [-0.05, 0) is 17.8 Å². The maximum Gasteiger partial charge on any atom is 0.0977 e. The first-order valence-corrected chi connectivity index (χ1v) is 4.18. The lowest BCUT2D eigenvalue weighted by atomic mass is 9.84. The van der Waals surface area contributed by atoms with E-state index in [1.54, 1.807) is 0 Å². The largest absolute Gasteiger partial charge is 0.252 e. The number of hydrogen-bond acceptors (Lipinski definition) is 2. The zero-order valence-electron chi connectivity index (χ0n) is 8.22. The van der Waals surface area contributed by atoms with Gasteiger partial charge in [-0.2, -0.15) is 0 Å². The van der Waals surface area contributed by atoms with Crippen molar-refractivity contribution < 1.29 is 10.1 Å². The molecule has 0 rings (SSSR count). The fraction of sp³-hybridized carbons (Fsp3) is 1.00. The van der Waals surface area contributed by atoms with Crippen molar-refractivity contribution in [1.82, 2.24) is 0 Å². The smallest absolute Gasteiger partial charge is 0.0977 e. The highest BCUT2D eigenvalue weighted by Crippen LogP contribution is 2.26. The van der Waals surface area contributed by atoms with Gasteiger partial charge in [0.15, 0.2) is 0 Å². The van der Waals surface area contributed by atoms with Crippen LogP contribution in [-0.2, 0) is 4.89 Å². The lowest BCUT2D eigenvalue weighted by molar-refractivity contribution is -0.302. The lowest BCUT2D eigenvalue weighted by Gasteiger charge is -2.28. The molecule has 68 valence electrons. The SMILES string of the molecule is CC(C)CC(OO)C(C)(C)C. The number of hydrogen-bond donors (Lipinski definition) is 1. The van der Waals surface area contributed by atoms with Crippen LogP contribution >= 0.6 is 0 Å². The van der Waals surface area contributed by atoms with Crippen molar-refractivity contribution in [2.75, 3.05) is 0 Å². The summed E-state index contributed by atoms with van der Waals surface area (Å²) in [5.41, 5.74) is 0.0268. The molecule has 0 aliphatic carbocycles. The van der Waals surface area contributed by atoms with Gasteiger partial charge in [-0.25, -0.2) is 4.89 Å². The van der Waals surface area contributed by atoms with Crippen molar-refractivity contribution >= 4 is 0 Å². The Hall–Kier alpha value is -0.0800. The van der Waals surface area contributed by atoms with Crippen molar-refractivity contribution in [1.29, 1.82) is 0 Å². The highest BCUT2D eigenvalue weighted by atomic mass is 17.1. The van der Waals surface area contributed by atoms with E-state index in [0.29, 0.717) is 5.92 Å². The average molecular weight is 160 g/mol. The minimum absolute atomic E-state index is 0.0268. The van der Waals surface area contributed by atoms with Gasteiger partial charge in [-0.15, -0.1) is 0 Å². The number of rotatable bonds is 3. The maximum absolute atomic E-state index is 8.61. The van der Waals surface area contributed by atoms with Gasteiger partial charge < -0.3 is 0 Å². The molecule has 0 saturated carbocycles. The zero-order valence-corrected chi connectivity index (χ0v) is 8.22. The first-order valence-electron chi connectivity index (χ1n) is 4.18. The predicted octanol–water partition coefficient (Wildman–Crippen LogP) is 2.94. The molecule has 0 spiro atoms. The summed E-state index contributed by atoms with van der Waals surface area (Å²) in [5, 5.41) is 8.61.